The number of aryl methyl sites for hydroxylation is 1. The van der Waals surface area contributed by atoms with Gasteiger partial charge in [0.05, 0.1) is 18.2 Å². The summed E-state index contributed by atoms with van der Waals surface area (Å²) >= 11 is 6.12. The Labute approximate surface area is 221 Å². The summed E-state index contributed by atoms with van der Waals surface area (Å²) < 4.78 is 5.44. The number of rotatable bonds is 10. The Morgan fingerprint density at radius 3 is 2.24 bits per heavy atom. The summed E-state index contributed by atoms with van der Waals surface area (Å²) in [5.74, 6) is -0.667. The molecule has 0 fully saturated rings. The zero-order chi connectivity index (χ0) is 26.2. The molecule has 0 aliphatic heterocycles. The van der Waals surface area contributed by atoms with Gasteiger partial charge in [-0.25, -0.2) is 4.79 Å². The van der Waals surface area contributed by atoms with Crippen LogP contribution in [0.5, 0.6) is 5.75 Å². The van der Waals surface area contributed by atoms with E-state index in [9.17, 15) is 14.7 Å². The molecule has 0 spiro atoms. The lowest BCUT2D eigenvalue weighted by Gasteiger charge is -2.24. The summed E-state index contributed by atoms with van der Waals surface area (Å²) in [4.78, 5) is 27.1. The van der Waals surface area contributed by atoms with Crippen LogP contribution in [0.3, 0.4) is 0 Å². The number of ether oxygens (including phenoxy) is 1. The van der Waals surface area contributed by atoms with Gasteiger partial charge in [0, 0.05) is 18.1 Å². The van der Waals surface area contributed by atoms with Gasteiger partial charge in [-0.2, -0.15) is 0 Å². The van der Waals surface area contributed by atoms with E-state index >= 15 is 0 Å². The summed E-state index contributed by atoms with van der Waals surface area (Å²) in [5, 5.41) is 10.0. The van der Waals surface area contributed by atoms with Crippen molar-refractivity contribution in [3.8, 4) is 16.9 Å². The number of carboxylic acid groups (broad SMARTS) is 1. The van der Waals surface area contributed by atoms with Crippen LogP contribution in [-0.4, -0.2) is 35.5 Å². The number of methoxy groups -OCH3 is 1. The molecule has 4 aromatic rings. The molecule has 0 heterocycles. The summed E-state index contributed by atoms with van der Waals surface area (Å²) in [6.45, 7) is 0.962. The van der Waals surface area contributed by atoms with E-state index in [1.54, 1.807) is 36.4 Å². The fraction of sp³-hybridized carbons (Fsp3) is 0.161. The van der Waals surface area contributed by atoms with Crippen LogP contribution < -0.4 is 4.74 Å². The van der Waals surface area contributed by atoms with Crippen LogP contribution >= 0.6 is 11.6 Å². The van der Waals surface area contributed by atoms with E-state index in [2.05, 4.69) is 12.1 Å². The Kier molecular flexibility index (Phi) is 8.60. The molecule has 188 valence electrons. The average Bonchev–Trinajstić information content (AvgIpc) is 2.93. The normalized spacial score (nSPS) is 10.6. The van der Waals surface area contributed by atoms with Crippen LogP contribution in [-0.2, 0) is 13.0 Å². The van der Waals surface area contributed by atoms with Crippen LogP contribution in [0.25, 0.3) is 11.1 Å². The molecule has 0 aromatic heterocycles. The van der Waals surface area contributed by atoms with Crippen molar-refractivity contribution in [2.45, 2.75) is 19.4 Å². The standard InChI is InChI=1S/C31H28ClNO4/c1-37-29-20-25(32)17-18-28(29)30(34)33(19-7-10-22-8-3-2-4-9-22)21-23-13-15-24(16-14-23)26-11-5-6-12-27(26)31(35)36/h2-6,8-9,11-18,20H,7,10,19,21H2,1H3,(H,35,36). The number of carboxylic acids is 1. The second-order valence-corrected chi connectivity index (χ2v) is 9.14. The number of amides is 1. The van der Waals surface area contributed by atoms with Crippen LogP contribution in [0.1, 0.15) is 38.3 Å². The molecular weight excluding hydrogens is 486 g/mol. The van der Waals surface area contributed by atoms with Crippen molar-refractivity contribution in [3.05, 3.63) is 124 Å². The highest BCUT2D eigenvalue weighted by Gasteiger charge is 2.20. The Hall–Kier alpha value is -4.09. The lowest BCUT2D eigenvalue weighted by molar-refractivity contribution is 0.0695. The van der Waals surface area contributed by atoms with Crippen molar-refractivity contribution in [1.29, 1.82) is 0 Å². The van der Waals surface area contributed by atoms with Gasteiger partial charge in [0.2, 0.25) is 0 Å². The molecule has 0 unspecified atom stereocenters. The van der Waals surface area contributed by atoms with Crippen molar-refractivity contribution in [2.24, 2.45) is 0 Å². The molecule has 6 heteroatoms. The van der Waals surface area contributed by atoms with Gasteiger partial charge in [0.25, 0.3) is 5.91 Å². The molecule has 0 atom stereocenters. The van der Waals surface area contributed by atoms with Gasteiger partial charge in [-0.15, -0.1) is 0 Å². The summed E-state index contributed by atoms with van der Waals surface area (Å²) in [5.41, 5.74) is 4.34. The molecule has 0 radical (unpaired) electrons. The molecule has 0 aliphatic rings. The van der Waals surface area contributed by atoms with Gasteiger partial charge < -0.3 is 14.7 Å². The molecule has 37 heavy (non-hydrogen) atoms. The summed E-state index contributed by atoms with van der Waals surface area (Å²) in [6.07, 6.45) is 1.66. The van der Waals surface area contributed by atoms with Crippen molar-refractivity contribution >= 4 is 23.5 Å². The van der Waals surface area contributed by atoms with Crippen molar-refractivity contribution in [3.63, 3.8) is 0 Å². The fourth-order valence-electron chi connectivity index (χ4n) is 4.31. The number of benzene rings is 4. The summed E-state index contributed by atoms with van der Waals surface area (Å²) in [7, 11) is 1.52. The summed E-state index contributed by atoms with van der Waals surface area (Å²) in [6, 6.07) is 29.8. The third-order valence-corrected chi connectivity index (χ3v) is 6.45. The molecule has 4 aromatic carbocycles. The predicted octanol–water partition coefficient (Wildman–Crippen LogP) is 6.99. The minimum Gasteiger partial charge on any atom is -0.496 e. The monoisotopic (exact) mass is 513 g/mol. The quantitative estimate of drug-likeness (QED) is 0.248. The molecule has 0 aliphatic carbocycles. The first kappa shape index (κ1) is 26.0. The number of carbonyl (C=O) groups is 2. The maximum atomic E-state index is 13.6. The second kappa shape index (κ2) is 12.2. The van der Waals surface area contributed by atoms with Gasteiger partial charge in [-0.1, -0.05) is 84.4 Å². The largest absolute Gasteiger partial charge is 0.496 e. The van der Waals surface area contributed by atoms with Crippen molar-refractivity contribution in [2.75, 3.05) is 13.7 Å². The first-order valence-electron chi connectivity index (χ1n) is 12.0. The van der Waals surface area contributed by atoms with Crippen LogP contribution in [0.4, 0.5) is 0 Å². The van der Waals surface area contributed by atoms with E-state index in [4.69, 9.17) is 16.3 Å². The lowest BCUT2D eigenvalue weighted by atomic mass is 9.98. The van der Waals surface area contributed by atoms with Gasteiger partial charge >= 0.3 is 5.97 Å². The number of hydrogen-bond donors (Lipinski definition) is 1. The van der Waals surface area contributed by atoms with Crippen molar-refractivity contribution in [1.82, 2.24) is 4.90 Å². The van der Waals surface area contributed by atoms with E-state index in [1.165, 1.54) is 12.7 Å². The zero-order valence-corrected chi connectivity index (χ0v) is 21.3. The number of carbonyl (C=O) groups excluding carboxylic acids is 1. The third kappa shape index (κ3) is 6.57. The molecule has 1 amide bonds. The van der Waals surface area contributed by atoms with Crippen LogP contribution in [0, 0.1) is 0 Å². The van der Waals surface area contributed by atoms with E-state index in [1.807, 2.05) is 53.4 Å². The average molecular weight is 514 g/mol. The van der Waals surface area contributed by atoms with E-state index in [0.717, 1.165) is 24.0 Å². The molecule has 0 saturated heterocycles. The topological polar surface area (TPSA) is 66.8 Å². The zero-order valence-electron chi connectivity index (χ0n) is 20.6. The molecule has 1 N–H and O–H groups in total. The maximum Gasteiger partial charge on any atom is 0.336 e. The second-order valence-electron chi connectivity index (χ2n) is 8.71. The predicted molar refractivity (Wildman–Crippen MR) is 146 cm³/mol. The van der Waals surface area contributed by atoms with E-state index < -0.39 is 5.97 Å². The maximum absolute atomic E-state index is 13.6. The highest BCUT2D eigenvalue weighted by molar-refractivity contribution is 6.30. The molecule has 4 rings (SSSR count). The van der Waals surface area contributed by atoms with E-state index in [-0.39, 0.29) is 11.5 Å². The fourth-order valence-corrected chi connectivity index (χ4v) is 4.48. The molecule has 5 nitrogen and oxygen atoms in total. The van der Waals surface area contributed by atoms with Crippen LogP contribution in [0.2, 0.25) is 5.02 Å². The Morgan fingerprint density at radius 1 is 0.838 bits per heavy atom. The minimum atomic E-state index is -0.966. The van der Waals surface area contributed by atoms with Crippen molar-refractivity contribution < 1.29 is 19.4 Å². The smallest absolute Gasteiger partial charge is 0.336 e. The van der Waals surface area contributed by atoms with Crippen LogP contribution in [0.15, 0.2) is 97.1 Å². The first-order chi connectivity index (χ1) is 18.0. The lowest BCUT2D eigenvalue weighted by Crippen LogP contribution is -2.32. The number of aromatic carboxylic acids is 1. The molecular formula is C31H28ClNO4. The van der Waals surface area contributed by atoms with Gasteiger partial charge in [-0.05, 0) is 59.4 Å². The van der Waals surface area contributed by atoms with Gasteiger partial charge in [-0.3, -0.25) is 4.79 Å². The Balaban J connectivity index is 1.57. The van der Waals surface area contributed by atoms with Gasteiger partial charge in [0.15, 0.2) is 0 Å². The minimum absolute atomic E-state index is 0.137. The van der Waals surface area contributed by atoms with E-state index in [0.29, 0.717) is 35.0 Å². The SMILES string of the molecule is COc1cc(Cl)ccc1C(=O)N(CCCc1ccccc1)Cc1ccc(-c2ccccc2C(=O)O)cc1. The first-order valence-corrected chi connectivity index (χ1v) is 12.4. The highest BCUT2D eigenvalue weighted by atomic mass is 35.5. The molecule has 0 saturated carbocycles. The highest BCUT2D eigenvalue weighted by Crippen LogP contribution is 2.27. The third-order valence-electron chi connectivity index (χ3n) is 6.21. The Morgan fingerprint density at radius 2 is 1.54 bits per heavy atom. The Bertz CT molecular complexity index is 1370. The number of nitrogens with zero attached hydrogens (tertiary/aromatic N) is 1. The van der Waals surface area contributed by atoms with Gasteiger partial charge in [0.1, 0.15) is 5.75 Å². The number of hydrogen-bond acceptors (Lipinski definition) is 3. The molecule has 0 bridgehead atoms. The number of halogens is 1.